The molecule has 0 radical (unpaired) electrons. The van der Waals surface area contributed by atoms with Crippen LogP contribution in [0.4, 0.5) is 4.39 Å². The molecule has 0 aromatic heterocycles. The van der Waals surface area contributed by atoms with Crippen LogP contribution in [0.25, 0.3) is 0 Å². The molecule has 1 fully saturated rings. The number of hydrogen-bond donors (Lipinski definition) is 2. The van der Waals surface area contributed by atoms with Crippen molar-refractivity contribution in [2.45, 2.75) is 19.4 Å². The van der Waals surface area contributed by atoms with Gasteiger partial charge in [0.1, 0.15) is 12.4 Å². The SMILES string of the molecule is CC1CC1NC(=O)c1cc(F)ccc1C#CCO. The van der Waals surface area contributed by atoms with Crippen LogP contribution in [0.2, 0.25) is 0 Å². The average molecular weight is 247 g/mol. The van der Waals surface area contributed by atoms with Gasteiger partial charge in [0.25, 0.3) is 5.91 Å². The van der Waals surface area contributed by atoms with Gasteiger partial charge in [0.2, 0.25) is 0 Å². The molecule has 2 N–H and O–H groups in total. The lowest BCUT2D eigenvalue weighted by atomic mass is 10.1. The molecule has 2 unspecified atom stereocenters. The molecule has 0 aliphatic heterocycles. The maximum Gasteiger partial charge on any atom is 0.252 e. The minimum absolute atomic E-state index is 0.180. The number of halogens is 1. The molecule has 0 spiro atoms. The first kappa shape index (κ1) is 12.6. The fraction of sp³-hybridized carbons (Fsp3) is 0.357. The number of aliphatic hydroxyl groups excluding tert-OH is 1. The molecule has 4 heteroatoms. The number of aliphatic hydroxyl groups is 1. The number of benzene rings is 1. The number of rotatable bonds is 2. The van der Waals surface area contributed by atoms with Crippen molar-refractivity contribution in [3.8, 4) is 11.8 Å². The molecule has 1 aromatic rings. The second kappa shape index (κ2) is 5.19. The summed E-state index contributed by atoms with van der Waals surface area (Å²) in [7, 11) is 0. The fourth-order valence-corrected chi connectivity index (χ4v) is 1.72. The number of carbonyl (C=O) groups is 1. The van der Waals surface area contributed by atoms with Crippen LogP contribution < -0.4 is 5.32 Å². The molecule has 1 aromatic carbocycles. The molecular formula is C14H14FNO2. The predicted octanol–water partition coefficient (Wildman–Crippen LogP) is 1.31. The van der Waals surface area contributed by atoms with Gasteiger partial charge in [-0.15, -0.1) is 0 Å². The van der Waals surface area contributed by atoms with Crippen LogP contribution in [0, 0.1) is 23.6 Å². The maximum atomic E-state index is 13.2. The second-order valence-corrected chi connectivity index (χ2v) is 4.44. The first-order valence-electron chi connectivity index (χ1n) is 5.82. The molecule has 1 aliphatic rings. The summed E-state index contributed by atoms with van der Waals surface area (Å²) in [4.78, 5) is 12.0. The average Bonchev–Trinajstić information content (AvgIpc) is 3.03. The van der Waals surface area contributed by atoms with E-state index in [2.05, 4.69) is 17.2 Å². The van der Waals surface area contributed by atoms with Gasteiger partial charge in [0.15, 0.2) is 0 Å². The number of hydrogen-bond acceptors (Lipinski definition) is 2. The highest BCUT2D eigenvalue weighted by molar-refractivity contribution is 5.97. The molecular weight excluding hydrogens is 233 g/mol. The first-order valence-corrected chi connectivity index (χ1v) is 5.82. The Bertz CT molecular complexity index is 530. The highest BCUT2D eigenvalue weighted by Gasteiger charge is 2.34. The third-order valence-corrected chi connectivity index (χ3v) is 2.95. The lowest BCUT2D eigenvalue weighted by Crippen LogP contribution is -2.27. The van der Waals surface area contributed by atoms with Crippen molar-refractivity contribution in [1.29, 1.82) is 0 Å². The van der Waals surface area contributed by atoms with E-state index >= 15 is 0 Å². The zero-order valence-electron chi connectivity index (χ0n) is 10.0. The molecule has 2 rings (SSSR count). The van der Waals surface area contributed by atoms with E-state index in [-0.39, 0.29) is 24.1 Å². The Labute approximate surface area is 105 Å². The second-order valence-electron chi connectivity index (χ2n) is 4.44. The van der Waals surface area contributed by atoms with Gasteiger partial charge < -0.3 is 10.4 Å². The Morgan fingerprint density at radius 2 is 2.33 bits per heavy atom. The van der Waals surface area contributed by atoms with Crippen LogP contribution in [-0.2, 0) is 0 Å². The summed E-state index contributed by atoms with van der Waals surface area (Å²) < 4.78 is 13.2. The van der Waals surface area contributed by atoms with Crippen molar-refractivity contribution in [2.24, 2.45) is 5.92 Å². The smallest absolute Gasteiger partial charge is 0.252 e. The molecule has 3 nitrogen and oxygen atoms in total. The summed E-state index contributed by atoms with van der Waals surface area (Å²) in [5.41, 5.74) is 0.645. The van der Waals surface area contributed by atoms with Crippen molar-refractivity contribution in [3.05, 3.63) is 35.1 Å². The van der Waals surface area contributed by atoms with Gasteiger partial charge in [-0.2, -0.15) is 0 Å². The zero-order chi connectivity index (χ0) is 13.1. The summed E-state index contributed by atoms with van der Waals surface area (Å²) in [6, 6.07) is 4.05. The quantitative estimate of drug-likeness (QED) is 0.774. The van der Waals surface area contributed by atoms with Crippen molar-refractivity contribution in [2.75, 3.05) is 6.61 Å². The van der Waals surface area contributed by atoms with Crippen molar-refractivity contribution < 1.29 is 14.3 Å². The van der Waals surface area contributed by atoms with Crippen LogP contribution in [0.15, 0.2) is 18.2 Å². The Balaban J connectivity index is 2.23. The van der Waals surface area contributed by atoms with Crippen molar-refractivity contribution in [1.82, 2.24) is 5.32 Å². The largest absolute Gasteiger partial charge is 0.384 e. The molecule has 0 saturated heterocycles. The Kier molecular flexibility index (Phi) is 3.63. The summed E-state index contributed by atoms with van der Waals surface area (Å²) in [5.74, 6) is 4.80. The highest BCUT2D eigenvalue weighted by Crippen LogP contribution is 2.29. The number of carbonyl (C=O) groups excluding carboxylic acids is 1. The minimum atomic E-state index is -0.474. The highest BCUT2D eigenvalue weighted by atomic mass is 19.1. The van der Waals surface area contributed by atoms with Gasteiger partial charge in [-0.25, -0.2) is 4.39 Å². The Morgan fingerprint density at radius 3 is 2.94 bits per heavy atom. The van der Waals surface area contributed by atoms with E-state index in [1.807, 2.05) is 6.92 Å². The number of nitrogens with one attached hydrogen (secondary N) is 1. The molecule has 1 aliphatic carbocycles. The molecule has 0 bridgehead atoms. The van der Waals surface area contributed by atoms with E-state index in [1.165, 1.54) is 18.2 Å². The zero-order valence-corrected chi connectivity index (χ0v) is 10.0. The van der Waals surface area contributed by atoms with Crippen LogP contribution >= 0.6 is 0 Å². The lowest BCUT2D eigenvalue weighted by molar-refractivity contribution is 0.0948. The topological polar surface area (TPSA) is 49.3 Å². The summed E-state index contributed by atoms with van der Waals surface area (Å²) in [6.45, 7) is 1.75. The van der Waals surface area contributed by atoms with Gasteiger partial charge in [-0.05, 0) is 30.5 Å². The van der Waals surface area contributed by atoms with Crippen molar-refractivity contribution >= 4 is 5.91 Å². The standard InChI is InChI=1S/C14H14FNO2/c1-9-7-13(9)16-14(18)12-8-11(15)5-4-10(12)3-2-6-17/h4-5,8-9,13,17H,6-7H2,1H3,(H,16,18). The third-order valence-electron chi connectivity index (χ3n) is 2.95. The predicted molar refractivity (Wildman–Crippen MR) is 65.4 cm³/mol. The van der Waals surface area contributed by atoms with Crippen molar-refractivity contribution in [3.63, 3.8) is 0 Å². The lowest BCUT2D eigenvalue weighted by Gasteiger charge is -2.06. The van der Waals surface area contributed by atoms with Crippen LogP contribution in [0.1, 0.15) is 29.3 Å². The van der Waals surface area contributed by atoms with E-state index in [0.717, 1.165) is 6.42 Å². The molecule has 18 heavy (non-hydrogen) atoms. The molecule has 1 saturated carbocycles. The molecule has 0 heterocycles. The van der Waals surface area contributed by atoms with Crippen LogP contribution in [0.3, 0.4) is 0 Å². The van der Waals surface area contributed by atoms with E-state index in [4.69, 9.17) is 5.11 Å². The van der Waals surface area contributed by atoms with Gasteiger partial charge in [0.05, 0.1) is 5.56 Å². The molecule has 94 valence electrons. The Morgan fingerprint density at radius 1 is 1.61 bits per heavy atom. The normalized spacial score (nSPS) is 20.8. The number of amides is 1. The minimum Gasteiger partial charge on any atom is -0.384 e. The summed E-state index contributed by atoms with van der Waals surface area (Å²) >= 11 is 0. The molecule has 2 atom stereocenters. The van der Waals surface area contributed by atoms with Crippen LogP contribution in [-0.4, -0.2) is 23.7 Å². The van der Waals surface area contributed by atoms with Gasteiger partial charge in [-0.1, -0.05) is 18.8 Å². The fourth-order valence-electron chi connectivity index (χ4n) is 1.72. The summed E-state index contributed by atoms with van der Waals surface area (Å²) in [6.07, 6.45) is 0.957. The van der Waals surface area contributed by atoms with E-state index in [1.54, 1.807) is 0 Å². The van der Waals surface area contributed by atoms with Gasteiger partial charge in [0, 0.05) is 11.6 Å². The van der Waals surface area contributed by atoms with Crippen LogP contribution in [0.5, 0.6) is 0 Å². The van der Waals surface area contributed by atoms with E-state index in [0.29, 0.717) is 11.5 Å². The van der Waals surface area contributed by atoms with Gasteiger partial charge >= 0.3 is 0 Å². The van der Waals surface area contributed by atoms with E-state index in [9.17, 15) is 9.18 Å². The van der Waals surface area contributed by atoms with E-state index < -0.39 is 5.82 Å². The monoisotopic (exact) mass is 247 g/mol. The maximum absolute atomic E-state index is 13.2. The van der Waals surface area contributed by atoms with Gasteiger partial charge in [-0.3, -0.25) is 4.79 Å². The third kappa shape index (κ3) is 2.88. The summed E-state index contributed by atoms with van der Waals surface area (Å²) in [5, 5.41) is 11.5. The Hall–Kier alpha value is -1.86. The molecule has 1 amide bonds. The first-order chi connectivity index (χ1) is 8.61.